The molecule has 0 radical (unpaired) electrons. The van der Waals surface area contributed by atoms with E-state index in [0.29, 0.717) is 28.6 Å². The molecule has 0 amide bonds. The van der Waals surface area contributed by atoms with Crippen LogP contribution >= 0.6 is 0 Å². The molecule has 2 heterocycles. The van der Waals surface area contributed by atoms with Gasteiger partial charge < -0.3 is 21.4 Å². The quantitative estimate of drug-likeness (QED) is 0.505. The van der Waals surface area contributed by atoms with Crippen molar-refractivity contribution in [3.63, 3.8) is 0 Å². The number of hydrogen-bond donors (Lipinski definition) is 4. The van der Waals surface area contributed by atoms with Gasteiger partial charge in [-0.3, -0.25) is 4.79 Å². The largest absolute Gasteiger partial charge is 0.402 e. The van der Waals surface area contributed by atoms with Gasteiger partial charge in [0.2, 0.25) is 0 Å². The van der Waals surface area contributed by atoms with Crippen LogP contribution in [0.2, 0.25) is 0 Å². The van der Waals surface area contributed by atoms with Crippen molar-refractivity contribution >= 4 is 28.0 Å². The molecule has 136 valence electrons. The number of nitrogens with zero attached hydrogens (tertiary/aromatic N) is 2. The van der Waals surface area contributed by atoms with Gasteiger partial charge in [-0.25, -0.2) is 9.98 Å². The van der Waals surface area contributed by atoms with Crippen molar-refractivity contribution in [2.75, 3.05) is 12.4 Å². The lowest BCUT2D eigenvalue weighted by Crippen LogP contribution is -2.15. The molecular weight excluding hydrogens is 340 g/mol. The topological polar surface area (TPSA) is 108 Å². The fraction of sp³-hybridized carbons (Fsp3) is 0.0500. The van der Waals surface area contributed by atoms with E-state index in [1.54, 1.807) is 31.6 Å². The van der Waals surface area contributed by atoms with Crippen LogP contribution in [0.1, 0.15) is 5.56 Å². The molecule has 7 nitrogen and oxygen atoms in total. The molecule has 0 unspecified atom stereocenters. The van der Waals surface area contributed by atoms with E-state index < -0.39 is 0 Å². The van der Waals surface area contributed by atoms with Gasteiger partial charge in [0.25, 0.3) is 5.56 Å². The molecule has 0 aliphatic rings. The maximum atomic E-state index is 12.3. The highest BCUT2D eigenvalue weighted by molar-refractivity contribution is 6.09. The normalized spacial score (nSPS) is 12.0. The first-order chi connectivity index (χ1) is 13.2. The molecule has 0 fully saturated rings. The summed E-state index contributed by atoms with van der Waals surface area (Å²) in [6.07, 6.45) is 6.22. The molecule has 0 aliphatic carbocycles. The number of rotatable bonds is 6. The monoisotopic (exact) mass is 360 g/mol. The first-order valence-electron chi connectivity index (χ1n) is 8.31. The van der Waals surface area contributed by atoms with E-state index in [1.165, 1.54) is 6.20 Å². The van der Waals surface area contributed by atoms with Crippen molar-refractivity contribution in [1.82, 2.24) is 15.3 Å². The van der Waals surface area contributed by atoms with Gasteiger partial charge in [-0.1, -0.05) is 30.8 Å². The molecule has 3 rings (SSSR count). The third-order valence-electron chi connectivity index (χ3n) is 3.97. The van der Waals surface area contributed by atoms with Gasteiger partial charge in [-0.15, -0.1) is 0 Å². The zero-order valence-electron chi connectivity index (χ0n) is 14.9. The van der Waals surface area contributed by atoms with Crippen molar-refractivity contribution in [1.29, 1.82) is 0 Å². The summed E-state index contributed by atoms with van der Waals surface area (Å²) in [7, 11) is 1.72. The van der Waals surface area contributed by atoms with Gasteiger partial charge in [-0.2, -0.15) is 0 Å². The molecule has 3 aromatic rings. The molecule has 0 bridgehead atoms. The van der Waals surface area contributed by atoms with E-state index >= 15 is 0 Å². The summed E-state index contributed by atoms with van der Waals surface area (Å²) in [6.45, 7) is 3.78. The van der Waals surface area contributed by atoms with Gasteiger partial charge in [0, 0.05) is 36.6 Å². The first-order valence-corrected chi connectivity index (χ1v) is 8.31. The predicted octanol–water partition coefficient (Wildman–Crippen LogP) is 2.62. The highest BCUT2D eigenvalue weighted by atomic mass is 16.1. The maximum Gasteiger partial charge on any atom is 0.271 e. The van der Waals surface area contributed by atoms with Crippen LogP contribution in [0, 0.1) is 0 Å². The van der Waals surface area contributed by atoms with Crippen LogP contribution in [-0.4, -0.2) is 22.7 Å². The Morgan fingerprint density at radius 1 is 1.33 bits per heavy atom. The van der Waals surface area contributed by atoms with E-state index in [4.69, 9.17) is 5.73 Å². The number of hydrogen-bond acceptors (Lipinski definition) is 6. The second-order valence-electron chi connectivity index (χ2n) is 5.64. The van der Waals surface area contributed by atoms with Crippen LogP contribution < -0.4 is 21.9 Å². The van der Waals surface area contributed by atoms with Gasteiger partial charge >= 0.3 is 0 Å². The minimum Gasteiger partial charge on any atom is -0.402 e. The van der Waals surface area contributed by atoms with Gasteiger partial charge in [0.1, 0.15) is 17.3 Å². The van der Waals surface area contributed by atoms with Crippen LogP contribution in [0.4, 0.5) is 11.5 Å². The van der Waals surface area contributed by atoms with Gasteiger partial charge in [-0.05, 0) is 23.6 Å². The Morgan fingerprint density at radius 2 is 2.15 bits per heavy atom. The van der Waals surface area contributed by atoms with Crippen molar-refractivity contribution in [3.05, 3.63) is 89.4 Å². The number of aromatic nitrogens is 2. The lowest BCUT2D eigenvalue weighted by molar-refractivity contribution is 0.957. The number of nitrogens with two attached hydrogens (primary N) is 1. The second kappa shape index (κ2) is 8.01. The number of fused-ring (bicyclic) bond motifs is 1. The Hall–Kier alpha value is -3.87. The summed E-state index contributed by atoms with van der Waals surface area (Å²) in [5.41, 5.74) is 6.86. The Kier molecular flexibility index (Phi) is 5.32. The smallest absolute Gasteiger partial charge is 0.271 e. The summed E-state index contributed by atoms with van der Waals surface area (Å²) < 4.78 is 0. The molecule has 7 heteroatoms. The van der Waals surface area contributed by atoms with Gasteiger partial charge in [0.05, 0.1) is 5.71 Å². The fourth-order valence-electron chi connectivity index (χ4n) is 2.61. The predicted molar refractivity (Wildman–Crippen MR) is 110 cm³/mol. The Bertz CT molecular complexity index is 1090. The highest BCUT2D eigenvalue weighted by Gasteiger charge is 2.09. The van der Waals surface area contributed by atoms with E-state index in [1.807, 2.05) is 30.3 Å². The average molecular weight is 360 g/mol. The summed E-state index contributed by atoms with van der Waals surface area (Å²) in [6, 6.07) is 11.4. The van der Waals surface area contributed by atoms with Gasteiger partial charge in [0.15, 0.2) is 0 Å². The number of anilines is 2. The minimum absolute atomic E-state index is 0.264. The number of nitrogens with one attached hydrogen (secondary N) is 3. The molecule has 0 atom stereocenters. The molecule has 27 heavy (non-hydrogen) atoms. The van der Waals surface area contributed by atoms with Crippen molar-refractivity contribution in [2.45, 2.75) is 0 Å². The zero-order chi connectivity index (χ0) is 19.2. The molecule has 0 saturated carbocycles. The molecule has 0 saturated heterocycles. The van der Waals surface area contributed by atoms with Crippen LogP contribution in [0.5, 0.6) is 0 Å². The average Bonchev–Trinajstić information content (AvgIpc) is 2.71. The number of aliphatic imine (C=N–C) groups is 1. The number of aromatic amines is 1. The number of benzene rings is 1. The highest BCUT2D eigenvalue weighted by Crippen LogP contribution is 2.23. The van der Waals surface area contributed by atoms with E-state index in [2.05, 4.69) is 32.2 Å². The molecule has 1 aromatic carbocycles. The Morgan fingerprint density at radius 3 is 2.89 bits per heavy atom. The fourth-order valence-corrected chi connectivity index (χ4v) is 2.61. The number of H-pyrrole nitrogens is 1. The number of allylic oxidation sites excluding steroid dienone is 1. The minimum atomic E-state index is -0.264. The summed E-state index contributed by atoms with van der Waals surface area (Å²) in [5.74, 6) is 1.09. The standard InChI is InChI=1S/C20H20N6O/c1-3-16(25-18(11-21)22-2)14-10-17(20(27)24-12-14)26-19-15-7-5-4-6-13(15)8-9-23-19/h3-12,22H,1,21H2,2H3,(H,23,26)(H,24,27)/b18-11-,25-16?. The van der Waals surface area contributed by atoms with Crippen molar-refractivity contribution in [3.8, 4) is 0 Å². The Balaban J connectivity index is 2.03. The maximum absolute atomic E-state index is 12.3. The molecule has 5 N–H and O–H groups in total. The van der Waals surface area contributed by atoms with Crippen molar-refractivity contribution in [2.24, 2.45) is 10.7 Å². The SMILES string of the molecule is C=CC(=N/C(=C\N)NC)c1c[nH]c(=O)c(Nc2nccc3ccccc23)c1. The van der Waals surface area contributed by atoms with Crippen LogP contribution in [0.15, 0.2) is 83.3 Å². The summed E-state index contributed by atoms with van der Waals surface area (Å²) in [4.78, 5) is 23.8. The van der Waals surface area contributed by atoms with Crippen molar-refractivity contribution < 1.29 is 0 Å². The van der Waals surface area contributed by atoms with Crippen LogP contribution in [-0.2, 0) is 0 Å². The lowest BCUT2D eigenvalue weighted by atomic mass is 10.1. The summed E-state index contributed by atoms with van der Waals surface area (Å²) in [5, 5.41) is 7.94. The van der Waals surface area contributed by atoms with E-state index in [-0.39, 0.29) is 5.56 Å². The lowest BCUT2D eigenvalue weighted by Gasteiger charge is -2.10. The third-order valence-corrected chi connectivity index (χ3v) is 3.97. The Labute approximate surface area is 156 Å². The molecule has 0 spiro atoms. The first kappa shape index (κ1) is 17.9. The number of pyridine rings is 2. The third kappa shape index (κ3) is 3.87. The molecule has 2 aromatic heterocycles. The summed E-state index contributed by atoms with van der Waals surface area (Å²) >= 11 is 0. The molecule has 0 aliphatic heterocycles. The van der Waals surface area contributed by atoms with E-state index in [9.17, 15) is 4.79 Å². The zero-order valence-corrected chi connectivity index (χ0v) is 14.9. The van der Waals surface area contributed by atoms with Crippen LogP contribution in [0.3, 0.4) is 0 Å². The molecular formula is C20H20N6O. The van der Waals surface area contributed by atoms with Crippen LogP contribution in [0.25, 0.3) is 10.8 Å². The van der Waals surface area contributed by atoms with E-state index in [0.717, 1.165) is 10.8 Å². The second-order valence-corrected chi connectivity index (χ2v) is 5.64.